The number of nitrogens with one attached hydrogen (secondary N) is 1. The third-order valence-electron chi connectivity index (χ3n) is 2.83. The summed E-state index contributed by atoms with van der Waals surface area (Å²) in [6, 6.07) is 6.57. The topological polar surface area (TPSA) is 68.5 Å². The number of amides is 1. The standard InChI is InChI=1S/C16H18ClNO4/c1-9(14(19)18-16(2,3)4)21-15(20)13-8-10-7-11(17)5-6-12(10)22-13/h5-9H,1-4H3,(H,18,19)/t9-/m0/s1. The molecule has 0 spiro atoms. The number of hydrogen-bond acceptors (Lipinski definition) is 4. The molecule has 1 N–H and O–H groups in total. The van der Waals surface area contributed by atoms with E-state index in [9.17, 15) is 9.59 Å². The van der Waals surface area contributed by atoms with Gasteiger partial charge in [0.2, 0.25) is 5.76 Å². The van der Waals surface area contributed by atoms with Crippen LogP contribution in [0.15, 0.2) is 28.7 Å². The summed E-state index contributed by atoms with van der Waals surface area (Å²) in [5.74, 6) is -1.02. The quantitative estimate of drug-likeness (QED) is 0.877. The third-order valence-corrected chi connectivity index (χ3v) is 3.07. The molecule has 0 aliphatic heterocycles. The molecular formula is C16H18ClNO4. The molecule has 0 radical (unpaired) electrons. The molecule has 0 unspecified atom stereocenters. The van der Waals surface area contributed by atoms with Crippen molar-refractivity contribution in [1.29, 1.82) is 0 Å². The van der Waals surface area contributed by atoms with Gasteiger partial charge in [-0.25, -0.2) is 4.79 Å². The molecule has 1 atom stereocenters. The van der Waals surface area contributed by atoms with Crippen molar-refractivity contribution >= 4 is 34.4 Å². The summed E-state index contributed by atoms with van der Waals surface area (Å²) in [7, 11) is 0. The molecule has 118 valence electrons. The van der Waals surface area contributed by atoms with E-state index in [4.69, 9.17) is 20.8 Å². The highest BCUT2D eigenvalue weighted by molar-refractivity contribution is 6.31. The smallest absolute Gasteiger partial charge is 0.375 e. The second-order valence-corrected chi connectivity index (χ2v) is 6.52. The van der Waals surface area contributed by atoms with Crippen molar-refractivity contribution in [2.24, 2.45) is 0 Å². The summed E-state index contributed by atoms with van der Waals surface area (Å²) < 4.78 is 10.5. The average Bonchev–Trinajstić information content (AvgIpc) is 2.79. The number of fused-ring (bicyclic) bond motifs is 1. The van der Waals surface area contributed by atoms with Crippen molar-refractivity contribution < 1.29 is 18.7 Å². The minimum Gasteiger partial charge on any atom is -0.449 e. The number of halogens is 1. The van der Waals surface area contributed by atoms with E-state index in [1.165, 1.54) is 13.0 Å². The zero-order valence-electron chi connectivity index (χ0n) is 12.9. The monoisotopic (exact) mass is 323 g/mol. The zero-order chi connectivity index (χ0) is 16.5. The first kappa shape index (κ1) is 16.4. The molecule has 2 rings (SSSR count). The van der Waals surface area contributed by atoms with Gasteiger partial charge >= 0.3 is 5.97 Å². The molecule has 0 saturated carbocycles. The van der Waals surface area contributed by atoms with Crippen molar-refractivity contribution in [2.45, 2.75) is 39.3 Å². The first-order valence-corrected chi connectivity index (χ1v) is 7.25. The van der Waals surface area contributed by atoms with E-state index in [1.54, 1.807) is 18.2 Å². The van der Waals surface area contributed by atoms with Gasteiger partial charge in [-0.3, -0.25) is 4.79 Å². The lowest BCUT2D eigenvalue weighted by Crippen LogP contribution is -2.46. The van der Waals surface area contributed by atoms with E-state index in [2.05, 4.69) is 5.32 Å². The third kappa shape index (κ3) is 4.01. The summed E-state index contributed by atoms with van der Waals surface area (Å²) in [5, 5.41) is 3.99. The molecule has 2 aromatic rings. The minimum absolute atomic E-state index is 0.0349. The lowest BCUT2D eigenvalue weighted by Gasteiger charge is -2.22. The fourth-order valence-electron chi connectivity index (χ4n) is 1.86. The van der Waals surface area contributed by atoms with Crippen molar-refractivity contribution in [1.82, 2.24) is 5.32 Å². The normalized spacial score (nSPS) is 13.0. The summed E-state index contributed by atoms with van der Waals surface area (Å²) >= 11 is 5.88. The van der Waals surface area contributed by atoms with Gasteiger partial charge in [-0.2, -0.15) is 0 Å². The molecule has 0 fully saturated rings. The Morgan fingerprint density at radius 2 is 1.95 bits per heavy atom. The molecule has 1 aromatic heterocycles. The van der Waals surface area contributed by atoms with Crippen LogP contribution in [0.5, 0.6) is 0 Å². The van der Waals surface area contributed by atoms with Crippen LogP contribution in [0.25, 0.3) is 11.0 Å². The maximum atomic E-state index is 12.1. The zero-order valence-corrected chi connectivity index (χ0v) is 13.7. The van der Waals surface area contributed by atoms with Gasteiger partial charge in [0.1, 0.15) is 5.58 Å². The van der Waals surface area contributed by atoms with Crippen LogP contribution in [-0.4, -0.2) is 23.5 Å². The van der Waals surface area contributed by atoms with Crippen molar-refractivity contribution in [2.75, 3.05) is 0 Å². The van der Waals surface area contributed by atoms with Gasteiger partial charge in [-0.15, -0.1) is 0 Å². The Balaban J connectivity index is 2.08. The van der Waals surface area contributed by atoms with Crippen LogP contribution in [0.3, 0.4) is 0 Å². The maximum Gasteiger partial charge on any atom is 0.375 e. The molecule has 6 heteroatoms. The van der Waals surface area contributed by atoms with E-state index >= 15 is 0 Å². The Bertz CT molecular complexity index is 714. The number of carbonyl (C=O) groups is 2. The number of benzene rings is 1. The minimum atomic E-state index is -0.913. The van der Waals surface area contributed by atoms with Gasteiger partial charge < -0.3 is 14.5 Å². The van der Waals surface area contributed by atoms with Crippen molar-refractivity contribution in [3.8, 4) is 0 Å². The van der Waals surface area contributed by atoms with Crippen LogP contribution < -0.4 is 5.32 Å². The van der Waals surface area contributed by atoms with E-state index in [0.717, 1.165) is 0 Å². The molecule has 1 heterocycles. The first-order valence-electron chi connectivity index (χ1n) is 6.88. The molecule has 0 aliphatic carbocycles. The van der Waals surface area contributed by atoms with E-state index in [1.807, 2.05) is 20.8 Å². The molecule has 0 aliphatic rings. The predicted octanol–water partition coefficient (Wildman–Crippen LogP) is 3.55. The van der Waals surface area contributed by atoms with Gasteiger partial charge in [-0.05, 0) is 52.0 Å². The van der Waals surface area contributed by atoms with Gasteiger partial charge in [0.05, 0.1) is 0 Å². The highest BCUT2D eigenvalue weighted by Gasteiger charge is 2.24. The molecule has 0 saturated heterocycles. The fourth-order valence-corrected chi connectivity index (χ4v) is 2.04. The number of esters is 1. The average molecular weight is 324 g/mol. The van der Waals surface area contributed by atoms with E-state index in [-0.39, 0.29) is 11.7 Å². The summed E-state index contributed by atoms with van der Waals surface area (Å²) in [5.41, 5.74) is 0.136. The fraction of sp³-hybridized carbons (Fsp3) is 0.375. The first-order chi connectivity index (χ1) is 10.2. The van der Waals surface area contributed by atoms with Crippen molar-refractivity contribution in [3.05, 3.63) is 35.0 Å². The summed E-state index contributed by atoms with van der Waals surface area (Å²) in [4.78, 5) is 24.0. The molecular weight excluding hydrogens is 306 g/mol. The van der Waals surface area contributed by atoms with Gasteiger partial charge in [0.15, 0.2) is 6.10 Å². The van der Waals surface area contributed by atoms with Gasteiger partial charge in [0, 0.05) is 15.9 Å². The lowest BCUT2D eigenvalue weighted by atomic mass is 10.1. The predicted molar refractivity (Wildman–Crippen MR) is 84.0 cm³/mol. The highest BCUT2D eigenvalue weighted by atomic mass is 35.5. The van der Waals surface area contributed by atoms with Gasteiger partial charge in [0.25, 0.3) is 5.91 Å². The number of rotatable bonds is 3. The van der Waals surface area contributed by atoms with E-state index < -0.39 is 17.6 Å². The van der Waals surface area contributed by atoms with E-state index in [0.29, 0.717) is 16.0 Å². The Morgan fingerprint density at radius 1 is 1.27 bits per heavy atom. The maximum absolute atomic E-state index is 12.1. The molecule has 5 nitrogen and oxygen atoms in total. The molecule has 22 heavy (non-hydrogen) atoms. The summed E-state index contributed by atoms with van der Waals surface area (Å²) in [6.07, 6.45) is -0.913. The molecule has 0 bridgehead atoms. The van der Waals surface area contributed by atoms with Crippen LogP contribution in [-0.2, 0) is 9.53 Å². The Morgan fingerprint density at radius 3 is 2.59 bits per heavy atom. The number of furan rings is 1. The second kappa shape index (κ2) is 6.01. The van der Waals surface area contributed by atoms with Crippen molar-refractivity contribution in [3.63, 3.8) is 0 Å². The van der Waals surface area contributed by atoms with Crippen LogP contribution in [0.4, 0.5) is 0 Å². The highest BCUT2D eigenvalue weighted by Crippen LogP contribution is 2.23. The number of carbonyl (C=O) groups excluding carboxylic acids is 2. The molecule has 1 amide bonds. The largest absolute Gasteiger partial charge is 0.449 e. The summed E-state index contributed by atoms with van der Waals surface area (Å²) in [6.45, 7) is 7.06. The number of hydrogen-bond donors (Lipinski definition) is 1. The number of ether oxygens (including phenoxy) is 1. The Kier molecular flexibility index (Phi) is 4.47. The van der Waals surface area contributed by atoms with Crippen LogP contribution in [0.2, 0.25) is 5.02 Å². The Hall–Kier alpha value is -2.01. The second-order valence-electron chi connectivity index (χ2n) is 6.08. The lowest BCUT2D eigenvalue weighted by molar-refractivity contribution is -0.130. The Labute approximate surface area is 133 Å². The van der Waals surface area contributed by atoms with Gasteiger partial charge in [-0.1, -0.05) is 11.6 Å². The van der Waals surface area contributed by atoms with Crippen LogP contribution in [0, 0.1) is 0 Å². The SMILES string of the molecule is C[C@H](OC(=O)c1cc2cc(Cl)ccc2o1)C(=O)NC(C)(C)C. The van der Waals surface area contributed by atoms with Crippen LogP contribution >= 0.6 is 11.6 Å². The van der Waals surface area contributed by atoms with Crippen LogP contribution in [0.1, 0.15) is 38.2 Å². The molecule has 1 aromatic carbocycles.